The van der Waals surface area contributed by atoms with Crippen LogP contribution in [0.3, 0.4) is 0 Å². The van der Waals surface area contributed by atoms with Crippen LogP contribution in [0.2, 0.25) is 0 Å². The lowest BCUT2D eigenvalue weighted by molar-refractivity contribution is -0.202. The molecule has 1 N–H and O–H groups in total. The van der Waals surface area contributed by atoms with Crippen molar-refractivity contribution < 1.29 is 33.8 Å². The van der Waals surface area contributed by atoms with Gasteiger partial charge in [0, 0.05) is 29.6 Å². The average molecular weight is 566 g/mol. The van der Waals surface area contributed by atoms with Gasteiger partial charge in [0.15, 0.2) is 18.0 Å². The van der Waals surface area contributed by atoms with E-state index in [2.05, 4.69) is 22.9 Å². The molecule has 3 saturated carbocycles. The van der Waals surface area contributed by atoms with E-state index < -0.39 is 51.2 Å². The van der Waals surface area contributed by atoms with Crippen molar-refractivity contribution in [2.24, 2.45) is 28.6 Å². The highest BCUT2D eigenvalue weighted by Crippen LogP contribution is 2.72. The predicted octanol–water partition coefficient (Wildman–Crippen LogP) is 4.24. The number of hydrogen-bond acceptors (Lipinski definition) is 7. The van der Waals surface area contributed by atoms with Gasteiger partial charge in [-0.2, -0.15) is 0 Å². The predicted molar refractivity (Wildman–Crippen MR) is 136 cm³/mol. The average Bonchev–Trinajstić information content (AvgIpc) is 3.05. The van der Waals surface area contributed by atoms with Crippen molar-refractivity contribution in [1.29, 1.82) is 0 Å². The molecular weight excluding hydrogens is 528 g/mol. The van der Waals surface area contributed by atoms with Gasteiger partial charge in [-0.1, -0.05) is 62.2 Å². The molecule has 0 aromatic heterocycles. The summed E-state index contributed by atoms with van der Waals surface area (Å²) in [7, 11) is 0. The third kappa shape index (κ3) is 3.53. The number of esters is 2. The van der Waals surface area contributed by atoms with Gasteiger partial charge in [-0.3, -0.25) is 19.2 Å². The van der Waals surface area contributed by atoms with Crippen LogP contribution in [0.15, 0.2) is 23.8 Å². The highest BCUT2D eigenvalue weighted by molar-refractivity contribution is 9.10. The quantitative estimate of drug-likeness (QED) is 0.379. The molecule has 36 heavy (non-hydrogen) atoms. The minimum Gasteiger partial charge on any atom is -0.457 e. The Kier molecular flexibility index (Phi) is 6.95. The molecule has 0 aromatic rings. The Morgan fingerprint density at radius 3 is 2.44 bits per heavy atom. The highest BCUT2D eigenvalue weighted by atomic mass is 79.9. The minimum atomic E-state index is -1.51. The molecule has 198 valence electrons. The number of aliphatic hydroxyl groups excluding tert-OH is 1. The van der Waals surface area contributed by atoms with Gasteiger partial charge in [-0.25, -0.2) is 0 Å². The summed E-state index contributed by atoms with van der Waals surface area (Å²) in [6, 6.07) is 0. The molecule has 0 heterocycles. The lowest BCUT2D eigenvalue weighted by Gasteiger charge is -2.64. The van der Waals surface area contributed by atoms with Gasteiger partial charge < -0.3 is 14.6 Å². The fraction of sp³-hybridized carbons (Fsp3) is 0.714. The summed E-state index contributed by atoms with van der Waals surface area (Å²) >= 11 is 4.02. The monoisotopic (exact) mass is 564 g/mol. The summed E-state index contributed by atoms with van der Waals surface area (Å²) in [5.41, 5.74) is -1.94. The van der Waals surface area contributed by atoms with Crippen molar-refractivity contribution in [3.05, 3.63) is 23.8 Å². The number of allylic oxidation sites excluding steroid dienone is 4. The fourth-order valence-electron chi connectivity index (χ4n) is 8.01. The number of Topliss-reactive ketones (excluding diaryl/α,β-unsaturated/α-hetero) is 1. The molecule has 3 fully saturated rings. The van der Waals surface area contributed by atoms with Crippen molar-refractivity contribution in [3.63, 3.8) is 0 Å². The fourth-order valence-corrected chi connectivity index (χ4v) is 9.10. The molecule has 0 radical (unpaired) electrons. The van der Waals surface area contributed by atoms with Crippen LogP contribution in [0.5, 0.6) is 0 Å². The molecule has 7 nitrogen and oxygen atoms in total. The van der Waals surface area contributed by atoms with Crippen LogP contribution in [-0.4, -0.2) is 51.2 Å². The zero-order valence-electron chi connectivity index (χ0n) is 21.8. The molecule has 4 rings (SSSR count). The second-order valence-corrected chi connectivity index (χ2v) is 12.7. The SMILES string of the molecule is CCC(=O)OCC(=O)[C@@]1(OC(=O)CC)[C@@H](C)C[C@H]2[C@@H]3CCC4=CC(=O)C=C[C@]4(C)[C@@]3(Br)[C@@H](O)C[C@@]21C. The molecule has 0 amide bonds. The van der Waals surface area contributed by atoms with Crippen LogP contribution >= 0.6 is 15.9 Å². The smallest absolute Gasteiger partial charge is 0.306 e. The molecule has 0 spiro atoms. The molecule has 0 aromatic carbocycles. The van der Waals surface area contributed by atoms with Gasteiger partial charge in [-0.15, -0.1) is 0 Å². The van der Waals surface area contributed by atoms with E-state index in [0.29, 0.717) is 12.8 Å². The summed E-state index contributed by atoms with van der Waals surface area (Å²) in [5, 5.41) is 11.9. The standard InChI is InChI=1S/C28H37BrO7/c1-6-23(33)35-15-22(32)28(36-24(34)7-2)16(3)12-20-19-9-8-17-13-18(30)10-11-25(17,4)27(19,29)21(31)14-26(20,28)5/h10-11,13,16,19-21,31H,6-9,12,14-15H2,1-5H3/t16-,19-,20-,21-,25-,26-,27-,28-/m0/s1. The molecule has 4 aliphatic carbocycles. The molecule has 8 atom stereocenters. The Bertz CT molecular complexity index is 1050. The number of ketones is 2. The number of aliphatic hydroxyl groups is 1. The third-order valence-corrected chi connectivity index (χ3v) is 11.8. The first-order valence-electron chi connectivity index (χ1n) is 13.0. The van der Waals surface area contributed by atoms with Crippen molar-refractivity contribution in [2.75, 3.05) is 6.61 Å². The van der Waals surface area contributed by atoms with Crippen LogP contribution in [-0.2, 0) is 28.7 Å². The van der Waals surface area contributed by atoms with Gasteiger partial charge in [-0.05, 0) is 49.7 Å². The minimum absolute atomic E-state index is 0.0399. The summed E-state index contributed by atoms with van der Waals surface area (Å²) < 4.78 is 10.6. The summed E-state index contributed by atoms with van der Waals surface area (Å²) in [6.45, 7) is 8.81. The number of carbonyl (C=O) groups is 4. The normalized spacial score (nSPS) is 43.1. The van der Waals surface area contributed by atoms with Gasteiger partial charge in [0.05, 0.1) is 10.4 Å². The van der Waals surface area contributed by atoms with E-state index in [1.54, 1.807) is 26.0 Å². The van der Waals surface area contributed by atoms with Crippen molar-refractivity contribution >= 4 is 39.4 Å². The van der Waals surface area contributed by atoms with E-state index in [0.717, 1.165) is 12.0 Å². The van der Waals surface area contributed by atoms with Crippen LogP contribution in [0.25, 0.3) is 0 Å². The Morgan fingerprint density at radius 2 is 1.81 bits per heavy atom. The van der Waals surface area contributed by atoms with E-state index in [1.165, 1.54) is 0 Å². The molecule has 0 aliphatic heterocycles. The van der Waals surface area contributed by atoms with E-state index in [9.17, 15) is 24.3 Å². The van der Waals surface area contributed by atoms with Gasteiger partial charge >= 0.3 is 11.9 Å². The Balaban J connectivity index is 1.80. The number of rotatable bonds is 6. The maximum absolute atomic E-state index is 13.9. The van der Waals surface area contributed by atoms with E-state index in [1.807, 2.05) is 19.9 Å². The Labute approximate surface area is 221 Å². The highest BCUT2D eigenvalue weighted by Gasteiger charge is 2.76. The first kappa shape index (κ1) is 27.2. The number of ether oxygens (including phenoxy) is 2. The number of carbonyl (C=O) groups excluding carboxylic acids is 4. The van der Waals surface area contributed by atoms with Crippen LogP contribution in [0.1, 0.15) is 73.1 Å². The van der Waals surface area contributed by atoms with Crippen molar-refractivity contribution in [2.45, 2.75) is 89.2 Å². The van der Waals surface area contributed by atoms with Crippen LogP contribution < -0.4 is 0 Å². The molecule has 0 bridgehead atoms. The lowest BCUT2D eigenvalue weighted by atomic mass is 9.46. The number of alkyl halides is 1. The molecule has 0 unspecified atom stereocenters. The largest absolute Gasteiger partial charge is 0.457 e. The number of halogens is 1. The number of fused-ring (bicyclic) bond motifs is 5. The second kappa shape index (κ2) is 9.19. The van der Waals surface area contributed by atoms with Crippen molar-refractivity contribution in [3.8, 4) is 0 Å². The summed E-state index contributed by atoms with van der Waals surface area (Å²) in [4.78, 5) is 50.6. The van der Waals surface area contributed by atoms with Crippen LogP contribution in [0.4, 0.5) is 0 Å². The third-order valence-electron chi connectivity index (χ3n) is 9.81. The maximum atomic E-state index is 13.9. The molecule has 8 heteroatoms. The molecule has 4 aliphatic rings. The molecular formula is C28H37BrO7. The van der Waals surface area contributed by atoms with Gasteiger partial charge in [0.25, 0.3) is 0 Å². The zero-order chi connectivity index (χ0) is 26.7. The van der Waals surface area contributed by atoms with E-state index in [4.69, 9.17) is 9.47 Å². The Morgan fingerprint density at radius 1 is 1.14 bits per heavy atom. The maximum Gasteiger partial charge on any atom is 0.306 e. The zero-order valence-corrected chi connectivity index (χ0v) is 23.4. The molecule has 0 saturated heterocycles. The summed E-state index contributed by atoms with van der Waals surface area (Å²) in [5.74, 6) is -1.86. The second-order valence-electron chi connectivity index (χ2n) is 11.4. The van der Waals surface area contributed by atoms with E-state index in [-0.39, 0.29) is 42.8 Å². The topological polar surface area (TPSA) is 107 Å². The summed E-state index contributed by atoms with van der Waals surface area (Å²) in [6.07, 6.45) is 6.83. The van der Waals surface area contributed by atoms with E-state index >= 15 is 0 Å². The Hall–Kier alpha value is -1.80. The number of hydrogen-bond donors (Lipinski definition) is 1. The lowest BCUT2D eigenvalue weighted by Crippen LogP contribution is -2.69. The van der Waals surface area contributed by atoms with Crippen molar-refractivity contribution in [1.82, 2.24) is 0 Å². The van der Waals surface area contributed by atoms with Gasteiger partial charge in [0.2, 0.25) is 5.78 Å². The first-order valence-corrected chi connectivity index (χ1v) is 13.8. The van der Waals surface area contributed by atoms with Gasteiger partial charge in [0.1, 0.15) is 0 Å². The van der Waals surface area contributed by atoms with Crippen LogP contribution in [0, 0.1) is 28.6 Å². The first-order chi connectivity index (χ1) is 16.8.